The summed E-state index contributed by atoms with van der Waals surface area (Å²) in [6.45, 7) is 5.97. The van der Waals surface area contributed by atoms with Gasteiger partial charge in [0.2, 0.25) is 0 Å². The van der Waals surface area contributed by atoms with E-state index in [1.165, 1.54) is 0 Å². The van der Waals surface area contributed by atoms with Gasteiger partial charge in [0, 0.05) is 0 Å². The molecule has 0 aliphatic heterocycles. The van der Waals surface area contributed by atoms with Crippen molar-refractivity contribution in [2.45, 2.75) is 26.7 Å². The van der Waals surface area contributed by atoms with Crippen molar-refractivity contribution in [1.29, 1.82) is 0 Å². The monoisotopic (exact) mass is 209 g/mol. The maximum Gasteiger partial charge on any atom is 1.00 e. The number of aryl methyl sites for hydroxylation is 1. The molecule has 0 aromatic carbocycles. The molecule has 0 radical (unpaired) electrons. The second-order valence-electron chi connectivity index (χ2n) is 2.40. The van der Waals surface area contributed by atoms with E-state index in [0.717, 1.165) is 11.5 Å². The Kier molecular flexibility index (Phi) is 5.29. The van der Waals surface area contributed by atoms with Gasteiger partial charge in [0.15, 0.2) is 0 Å². The van der Waals surface area contributed by atoms with Crippen LogP contribution in [0.5, 0.6) is 0 Å². The first-order chi connectivity index (χ1) is 4.20. The van der Waals surface area contributed by atoms with E-state index in [0.29, 0.717) is 5.92 Å². The van der Waals surface area contributed by atoms with Gasteiger partial charge < -0.3 is 10.6 Å². The maximum atomic E-state index is 4.82. The van der Waals surface area contributed by atoms with Crippen molar-refractivity contribution in [3.8, 4) is 0 Å². The summed E-state index contributed by atoms with van der Waals surface area (Å²) in [4.78, 5) is 0. The van der Waals surface area contributed by atoms with Gasteiger partial charge in [-0.25, -0.2) is 0 Å². The predicted molar refractivity (Wildman–Crippen MR) is 34.2 cm³/mol. The van der Waals surface area contributed by atoms with Gasteiger partial charge in [-0.15, -0.1) is 5.16 Å². The Morgan fingerprint density at radius 3 is 2.30 bits per heavy atom. The zero-order valence-corrected chi connectivity index (χ0v) is 11.8. The Morgan fingerprint density at radius 2 is 2.10 bits per heavy atom. The molecule has 0 N–H and O–H groups in total. The zero-order chi connectivity index (χ0) is 6.85. The van der Waals surface area contributed by atoms with Crippen LogP contribution in [0.15, 0.2) is 4.52 Å². The van der Waals surface area contributed by atoms with Gasteiger partial charge >= 0.3 is 58.2 Å². The summed E-state index contributed by atoms with van der Waals surface area (Å²) in [6.07, 6.45) is 0. The molecule has 0 atom stereocenters. The third-order valence-corrected chi connectivity index (χ3v) is 1.13. The molecule has 0 unspecified atom stereocenters. The second-order valence-corrected chi connectivity index (χ2v) is 2.40. The minimum Gasteiger partial charge on any atom is -0.403 e. The van der Waals surface area contributed by atoms with Crippen molar-refractivity contribution in [2.24, 2.45) is 0 Å². The predicted octanol–water partition coefficient (Wildman–Crippen LogP) is -1.09. The molecule has 1 aromatic heterocycles. The van der Waals surface area contributed by atoms with Crippen LogP contribution in [0.2, 0.25) is 0 Å². The summed E-state index contributed by atoms with van der Waals surface area (Å²) in [5, 5.41) is 3.78. The van der Waals surface area contributed by atoms with Crippen LogP contribution in [0, 0.1) is 13.0 Å². The zero-order valence-electron chi connectivity index (χ0n) is 6.93. The molecule has 50 valence electrons. The average molecular weight is 210 g/mol. The summed E-state index contributed by atoms with van der Waals surface area (Å²) in [6, 6.07) is 3.00. The van der Waals surface area contributed by atoms with E-state index in [1.807, 2.05) is 6.92 Å². The summed E-state index contributed by atoms with van der Waals surface area (Å²) < 4.78 is 4.82. The Labute approximate surface area is 110 Å². The first-order valence-corrected chi connectivity index (χ1v) is 3.05. The van der Waals surface area contributed by atoms with Gasteiger partial charge in [-0.1, -0.05) is 19.5 Å². The van der Waals surface area contributed by atoms with Crippen molar-refractivity contribution in [1.82, 2.24) is 5.16 Å². The standard InChI is InChI=1S/C7H10NO.Rb/c1-5(2)7-4-6(3)9-8-7;/h5H,1-3H3;/q-1;+1. The number of rotatable bonds is 1. The average Bonchev–Trinajstić information content (AvgIpc) is 2.14. The van der Waals surface area contributed by atoms with Gasteiger partial charge in [-0.2, -0.15) is 0 Å². The van der Waals surface area contributed by atoms with E-state index in [4.69, 9.17) is 4.52 Å². The molecular weight excluding hydrogens is 200 g/mol. The van der Waals surface area contributed by atoms with Crippen LogP contribution in [-0.2, 0) is 0 Å². The second kappa shape index (κ2) is 4.81. The van der Waals surface area contributed by atoms with Crippen molar-refractivity contribution in [3.05, 3.63) is 17.5 Å². The van der Waals surface area contributed by atoms with Crippen LogP contribution in [-0.4, -0.2) is 5.16 Å². The van der Waals surface area contributed by atoms with Crippen LogP contribution in [0.3, 0.4) is 0 Å². The topological polar surface area (TPSA) is 26.0 Å². The summed E-state index contributed by atoms with van der Waals surface area (Å²) >= 11 is 0. The fourth-order valence-electron chi connectivity index (χ4n) is 0.593. The summed E-state index contributed by atoms with van der Waals surface area (Å²) in [5.74, 6) is 1.18. The first kappa shape index (κ1) is 11.0. The minimum atomic E-state index is 0. The third kappa shape index (κ3) is 2.95. The van der Waals surface area contributed by atoms with Gasteiger partial charge in [0.1, 0.15) is 0 Å². The van der Waals surface area contributed by atoms with Gasteiger partial charge in [0.25, 0.3) is 0 Å². The van der Waals surface area contributed by atoms with E-state index >= 15 is 0 Å². The third-order valence-electron chi connectivity index (χ3n) is 1.13. The molecule has 0 saturated carbocycles. The van der Waals surface area contributed by atoms with E-state index in [2.05, 4.69) is 25.1 Å². The molecule has 1 heterocycles. The molecule has 0 bridgehead atoms. The molecular formula is C7H10NORb. The van der Waals surface area contributed by atoms with Crippen LogP contribution in [0.25, 0.3) is 0 Å². The molecule has 0 amide bonds. The van der Waals surface area contributed by atoms with E-state index in [-0.39, 0.29) is 58.2 Å². The molecule has 1 rings (SSSR count). The van der Waals surface area contributed by atoms with Crippen molar-refractivity contribution in [2.75, 3.05) is 0 Å². The quantitative estimate of drug-likeness (QED) is 0.550. The fourth-order valence-corrected chi connectivity index (χ4v) is 0.593. The molecule has 10 heavy (non-hydrogen) atoms. The number of nitrogens with zero attached hydrogens (tertiary/aromatic N) is 1. The fraction of sp³-hybridized carbons (Fsp3) is 0.571. The van der Waals surface area contributed by atoms with Crippen molar-refractivity contribution in [3.63, 3.8) is 0 Å². The van der Waals surface area contributed by atoms with Crippen molar-refractivity contribution >= 4 is 0 Å². The van der Waals surface area contributed by atoms with E-state index < -0.39 is 0 Å². The Balaban J connectivity index is 0.000000810. The molecule has 3 heteroatoms. The normalized spacial score (nSPS) is 9.60. The van der Waals surface area contributed by atoms with Gasteiger partial charge in [0.05, 0.1) is 0 Å². The van der Waals surface area contributed by atoms with E-state index in [1.54, 1.807) is 0 Å². The number of aromatic nitrogens is 1. The number of hydrogen-bond acceptors (Lipinski definition) is 2. The van der Waals surface area contributed by atoms with Crippen LogP contribution in [0.4, 0.5) is 0 Å². The molecule has 0 spiro atoms. The van der Waals surface area contributed by atoms with Gasteiger partial charge in [-0.3, -0.25) is 0 Å². The molecule has 1 aromatic rings. The Bertz CT molecular complexity index is 195. The smallest absolute Gasteiger partial charge is 0.403 e. The van der Waals surface area contributed by atoms with Crippen LogP contribution < -0.4 is 58.2 Å². The summed E-state index contributed by atoms with van der Waals surface area (Å²) in [7, 11) is 0. The SMILES string of the molecule is Cc1[c-]c(C(C)C)no1.[Rb+]. The molecule has 0 aliphatic rings. The van der Waals surface area contributed by atoms with Crippen molar-refractivity contribution < 1.29 is 62.7 Å². The molecule has 2 nitrogen and oxygen atoms in total. The van der Waals surface area contributed by atoms with E-state index in [9.17, 15) is 0 Å². The first-order valence-electron chi connectivity index (χ1n) is 3.05. The number of hydrogen-bond donors (Lipinski definition) is 0. The largest absolute Gasteiger partial charge is 1.00 e. The maximum absolute atomic E-state index is 4.82. The molecule has 0 saturated heterocycles. The minimum absolute atomic E-state index is 0. The Hall–Kier alpha value is 1.02. The summed E-state index contributed by atoms with van der Waals surface area (Å²) in [5.41, 5.74) is 0.910. The van der Waals surface area contributed by atoms with Crippen LogP contribution >= 0.6 is 0 Å². The van der Waals surface area contributed by atoms with Crippen LogP contribution in [0.1, 0.15) is 31.2 Å². The van der Waals surface area contributed by atoms with Gasteiger partial charge in [-0.05, 0) is 18.6 Å². The molecule has 0 fully saturated rings. The Morgan fingerprint density at radius 1 is 1.50 bits per heavy atom. The molecule has 0 aliphatic carbocycles.